The van der Waals surface area contributed by atoms with Crippen molar-refractivity contribution in [1.29, 1.82) is 0 Å². The maximum atomic E-state index is 11.9. The summed E-state index contributed by atoms with van der Waals surface area (Å²) in [6.07, 6.45) is 0.737. The fourth-order valence-electron chi connectivity index (χ4n) is 1.53. The Balaban J connectivity index is 2.49. The van der Waals surface area contributed by atoms with Crippen LogP contribution in [0.4, 0.5) is 0 Å². The van der Waals surface area contributed by atoms with Crippen molar-refractivity contribution >= 4 is 17.2 Å². The Labute approximate surface area is 112 Å². The van der Waals surface area contributed by atoms with E-state index in [4.69, 9.17) is 10.5 Å². The molecule has 6 heteroatoms. The fourth-order valence-corrected chi connectivity index (χ4v) is 2.32. The van der Waals surface area contributed by atoms with Crippen LogP contribution in [0, 0.1) is 5.92 Å². The summed E-state index contributed by atoms with van der Waals surface area (Å²) in [6.45, 7) is 5.16. The molecule has 1 amide bonds. The van der Waals surface area contributed by atoms with Gasteiger partial charge in [0.25, 0.3) is 5.91 Å². The van der Waals surface area contributed by atoms with Crippen LogP contribution < -0.4 is 11.1 Å². The van der Waals surface area contributed by atoms with Crippen molar-refractivity contribution in [3.05, 3.63) is 16.1 Å². The highest BCUT2D eigenvalue weighted by molar-refractivity contribution is 7.09. The summed E-state index contributed by atoms with van der Waals surface area (Å²) in [5.41, 5.74) is 5.91. The van der Waals surface area contributed by atoms with Crippen LogP contribution in [0.1, 0.15) is 29.3 Å². The number of hydrogen-bond donors (Lipinski definition) is 2. The Bertz CT molecular complexity index is 379. The van der Waals surface area contributed by atoms with Gasteiger partial charge >= 0.3 is 0 Å². The highest BCUT2D eigenvalue weighted by atomic mass is 32.1. The first-order chi connectivity index (χ1) is 8.58. The molecule has 0 bridgehead atoms. The summed E-state index contributed by atoms with van der Waals surface area (Å²) in [6, 6.07) is 0. The number of ether oxygens (including phenoxy) is 1. The van der Waals surface area contributed by atoms with E-state index in [-0.39, 0.29) is 12.0 Å². The van der Waals surface area contributed by atoms with Crippen molar-refractivity contribution < 1.29 is 9.53 Å². The summed E-state index contributed by atoms with van der Waals surface area (Å²) in [4.78, 5) is 16.1. The third kappa shape index (κ3) is 4.36. The minimum Gasteiger partial charge on any atom is -0.379 e. The van der Waals surface area contributed by atoms with E-state index in [9.17, 15) is 4.79 Å². The van der Waals surface area contributed by atoms with E-state index in [1.807, 2.05) is 0 Å². The van der Waals surface area contributed by atoms with Gasteiger partial charge in [0.05, 0.1) is 11.1 Å². The lowest BCUT2D eigenvalue weighted by Gasteiger charge is -2.19. The zero-order chi connectivity index (χ0) is 13.5. The Morgan fingerprint density at radius 1 is 1.61 bits per heavy atom. The summed E-state index contributed by atoms with van der Waals surface area (Å²) in [5, 5.41) is 5.50. The van der Waals surface area contributed by atoms with Gasteiger partial charge in [0.2, 0.25) is 0 Å². The molecule has 1 aromatic heterocycles. The smallest absolute Gasteiger partial charge is 0.270 e. The van der Waals surface area contributed by atoms with E-state index in [2.05, 4.69) is 24.1 Å². The number of nitrogens with one attached hydrogen (secondary N) is 1. The van der Waals surface area contributed by atoms with E-state index < -0.39 is 0 Å². The van der Waals surface area contributed by atoms with E-state index in [1.54, 1.807) is 12.5 Å². The highest BCUT2D eigenvalue weighted by Crippen LogP contribution is 2.10. The summed E-state index contributed by atoms with van der Waals surface area (Å²) >= 11 is 1.47. The van der Waals surface area contributed by atoms with Gasteiger partial charge < -0.3 is 15.8 Å². The Morgan fingerprint density at radius 2 is 2.33 bits per heavy atom. The van der Waals surface area contributed by atoms with Gasteiger partial charge in [0.15, 0.2) is 0 Å². The molecule has 0 aliphatic heterocycles. The predicted octanol–water partition coefficient (Wildman–Crippen LogP) is 1.05. The van der Waals surface area contributed by atoms with Crippen LogP contribution in [-0.4, -0.2) is 37.2 Å². The fraction of sp³-hybridized carbons (Fsp3) is 0.667. The van der Waals surface area contributed by atoms with Crippen molar-refractivity contribution in [1.82, 2.24) is 10.3 Å². The first-order valence-electron chi connectivity index (χ1n) is 6.04. The molecular formula is C12H21N3O2S. The maximum absolute atomic E-state index is 11.9. The molecule has 1 unspecified atom stereocenters. The van der Waals surface area contributed by atoms with Crippen LogP contribution in [-0.2, 0) is 11.2 Å². The molecule has 1 aromatic rings. The molecular weight excluding hydrogens is 250 g/mol. The number of methoxy groups -OCH3 is 1. The van der Waals surface area contributed by atoms with Crippen LogP contribution >= 0.6 is 11.3 Å². The lowest BCUT2D eigenvalue weighted by atomic mass is 10.1. The number of nitrogens with two attached hydrogens (primary N) is 1. The topological polar surface area (TPSA) is 77.2 Å². The summed E-state index contributed by atoms with van der Waals surface area (Å²) in [5.74, 6) is 0.204. The van der Waals surface area contributed by atoms with Gasteiger partial charge in [0.1, 0.15) is 5.69 Å². The van der Waals surface area contributed by atoms with E-state index in [0.717, 1.165) is 5.01 Å². The third-order valence-electron chi connectivity index (χ3n) is 2.65. The number of carbonyl (C=O) groups excluding carboxylic acids is 1. The van der Waals surface area contributed by atoms with Gasteiger partial charge in [-0.3, -0.25) is 4.79 Å². The van der Waals surface area contributed by atoms with Crippen LogP contribution in [0.25, 0.3) is 0 Å². The Kier molecular flexibility index (Phi) is 6.24. The van der Waals surface area contributed by atoms with Crippen LogP contribution in [0.5, 0.6) is 0 Å². The van der Waals surface area contributed by atoms with Crippen LogP contribution in [0.2, 0.25) is 0 Å². The van der Waals surface area contributed by atoms with Crippen molar-refractivity contribution in [2.45, 2.75) is 26.4 Å². The van der Waals surface area contributed by atoms with Crippen LogP contribution in [0.3, 0.4) is 0 Å². The zero-order valence-electron chi connectivity index (χ0n) is 11.1. The SMILES string of the molecule is COC(CNC(=O)c1csc(CCN)n1)C(C)C. The van der Waals surface area contributed by atoms with Gasteiger partial charge in [-0.15, -0.1) is 11.3 Å². The zero-order valence-corrected chi connectivity index (χ0v) is 11.9. The number of carbonyl (C=O) groups is 1. The number of nitrogens with zero attached hydrogens (tertiary/aromatic N) is 1. The average Bonchev–Trinajstić information content (AvgIpc) is 2.78. The molecule has 0 saturated heterocycles. The lowest BCUT2D eigenvalue weighted by Crippen LogP contribution is -2.36. The van der Waals surface area contributed by atoms with Gasteiger partial charge in [-0.1, -0.05) is 13.8 Å². The molecule has 3 N–H and O–H groups in total. The van der Waals surface area contributed by atoms with Crippen molar-refractivity contribution in [2.24, 2.45) is 11.7 Å². The molecule has 102 valence electrons. The minimum atomic E-state index is -0.155. The van der Waals surface area contributed by atoms with Crippen molar-refractivity contribution in [2.75, 3.05) is 20.2 Å². The molecule has 0 aliphatic carbocycles. The Hall–Kier alpha value is -0.980. The van der Waals surface area contributed by atoms with Gasteiger partial charge in [-0.2, -0.15) is 0 Å². The molecule has 1 heterocycles. The van der Waals surface area contributed by atoms with E-state index in [0.29, 0.717) is 31.1 Å². The van der Waals surface area contributed by atoms with Gasteiger partial charge in [-0.05, 0) is 12.5 Å². The van der Waals surface area contributed by atoms with Gasteiger partial charge in [-0.25, -0.2) is 4.98 Å². The predicted molar refractivity (Wildman–Crippen MR) is 72.8 cm³/mol. The lowest BCUT2D eigenvalue weighted by molar-refractivity contribution is 0.0603. The molecule has 1 rings (SSSR count). The minimum absolute atomic E-state index is 0.0242. The summed E-state index contributed by atoms with van der Waals surface area (Å²) in [7, 11) is 1.65. The van der Waals surface area contributed by atoms with Gasteiger partial charge in [0, 0.05) is 25.5 Å². The van der Waals surface area contributed by atoms with E-state index >= 15 is 0 Å². The molecule has 0 fully saturated rings. The van der Waals surface area contributed by atoms with Crippen LogP contribution in [0.15, 0.2) is 5.38 Å². The second-order valence-corrected chi connectivity index (χ2v) is 5.34. The second-order valence-electron chi connectivity index (χ2n) is 4.39. The first-order valence-corrected chi connectivity index (χ1v) is 6.92. The molecule has 0 spiro atoms. The first kappa shape index (κ1) is 15.1. The number of amides is 1. The average molecular weight is 271 g/mol. The molecule has 0 radical (unpaired) electrons. The molecule has 0 aromatic carbocycles. The van der Waals surface area contributed by atoms with E-state index in [1.165, 1.54) is 11.3 Å². The highest BCUT2D eigenvalue weighted by Gasteiger charge is 2.15. The molecule has 0 saturated carbocycles. The maximum Gasteiger partial charge on any atom is 0.270 e. The number of hydrogen-bond acceptors (Lipinski definition) is 5. The monoisotopic (exact) mass is 271 g/mol. The third-order valence-corrected chi connectivity index (χ3v) is 3.56. The largest absolute Gasteiger partial charge is 0.379 e. The standard InChI is InChI=1S/C12H21N3O2S/c1-8(2)10(17-3)6-14-12(16)9-7-18-11(15-9)4-5-13/h7-8,10H,4-6,13H2,1-3H3,(H,14,16). The Morgan fingerprint density at radius 3 is 2.89 bits per heavy atom. The second kappa shape index (κ2) is 7.45. The molecule has 18 heavy (non-hydrogen) atoms. The van der Waals surface area contributed by atoms with Crippen molar-refractivity contribution in [3.8, 4) is 0 Å². The summed E-state index contributed by atoms with van der Waals surface area (Å²) < 4.78 is 5.29. The number of rotatable bonds is 7. The normalized spacial score (nSPS) is 12.7. The quantitative estimate of drug-likeness (QED) is 0.777. The molecule has 1 atom stereocenters. The number of thiazole rings is 1. The van der Waals surface area contributed by atoms with Crippen molar-refractivity contribution in [3.63, 3.8) is 0 Å². The molecule has 0 aliphatic rings. The number of aromatic nitrogens is 1. The molecule has 5 nitrogen and oxygen atoms in total.